The number of carbonyl (C=O) groups is 1. The molecular formula is C20H25FN4O. The SMILES string of the molecule is CCCCNC(=O)C1CCN(c2ccc(-c3ccc(F)cc3)nn2)CC1. The fourth-order valence-electron chi connectivity index (χ4n) is 3.17. The number of halogens is 1. The normalized spacial score (nSPS) is 15.1. The van der Waals surface area contributed by atoms with Crippen molar-refractivity contribution >= 4 is 11.7 Å². The van der Waals surface area contributed by atoms with Gasteiger partial charge in [-0.25, -0.2) is 4.39 Å². The number of aromatic nitrogens is 2. The summed E-state index contributed by atoms with van der Waals surface area (Å²) in [4.78, 5) is 14.3. The quantitative estimate of drug-likeness (QED) is 0.806. The second-order valence-corrected chi connectivity index (χ2v) is 6.69. The van der Waals surface area contributed by atoms with Crippen molar-refractivity contribution in [2.24, 2.45) is 5.92 Å². The Morgan fingerprint density at radius 1 is 1.15 bits per heavy atom. The number of piperidine rings is 1. The number of nitrogens with zero attached hydrogens (tertiary/aromatic N) is 3. The Morgan fingerprint density at radius 2 is 1.88 bits per heavy atom. The molecule has 1 aromatic carbocycles. The van der Waals surface area contributed by atoms with Gasteiger partial charge >= 0.3 is 0 Å². The third kappa shape index (κ3) is 4.56. The van der Waals surface area contributed by atoms with Gasteiger partial charge in [0.25, 0.3) is 0 Å². The third-order valence-electron chi connectivity index (χ3n) is 4.81. The summed E-state index contributed by atoms with van der Waals surface area (Å²) in [6, 6.07) is 10.1. The molecule has 26 heavy (non-hydrogen) atoms. The van der Waals surface area contributed by atoms with Gasteiger partial charge in [-0.2, -0.15) is 0 Å². The molecule has 0 radical (unpaired) electrons. The lowest BCUT2D eigenvalue weighted by molar-refractivity contribution is -0.125. The van der Waals surface area contributed by atoms with Crippen LogP contribution in [0.5, 0.6) is 0 Å². The highest BCUT2D eigenvalue weighted by Gasteiger charge is 2.25. The van der Waals surface area contributed by atoms with Gasteiger partial charge in [0.05, 0.1) is 5.69 Å². The van der Waals surface area contributed by atoms with Crippen LogP contribution in [-0.4, -0.2) is 35.7 Å². The number of unbranched alkanes of at least 4 members (excludes halogenated alkanes) is 1. The van der Waals surface area contributed by atoms with Crippen LogP contribution < -0.4 is 10.2 Å². The van der Waals surface area contributed by atoms with E-state index in [1.54, 1.807) is 12.1 Å². The van der Waals surface area contributed by atoms with Crippen LogP contribution in [-0.2, 0) is 4.79 Å². The molecule has 138 valence electrons. The number of hydrogen-bond donors (Lipinski definition) is 1. The minimum Gasteiger partial charge on any atom is -0.356 e. The molecule has 5 nitrogen and oxygen atoms in total. The van der Waals surface area contributed by atoms with Gasteiger partial charge in [0.1, 0.15) is 5.82 Å². The summed E-state index contributed by atoms with van der Waals surface area (Å²) in [7, 11) is 0. The number of rotatable bonds is 6. The zero-order valence-electron chi connectivity index (χ0n) is 15.1. The zero-order chi connectivity index (χ0) is 18.4. The Morgan fingerprint density at radius 3 is 2.50 bits per heavy atom. The van der Waals surface area contributed by atoms with Crippen molar-refractivity contribution in [2.45, 2.75) is 32.6 Å². The van der Waals surface area contributed by atoms with Gasteiger partial charge in [0.2, 0.25) is 5.91 Å². The molecule has 1 aliphatic heterocycles. The highest BCUT2D eigenvalue weighted by molar-refractivity contribution is 5.78. The average Bonchev–Trinajstić information content (AvgIpc) is 2.69. The summed E-state index contributed by atoms with van der Waals surface area (Å²) in [5, 5.41) is 11.6. The van der Waals surface area contributed by atoms with E-state index in [1.165, 1.54) is 12.1 Å². The van der Waals surface area contributed by atoms with E-state index >= 15 is 0 Å². The number of amides is 1. The topological polar surface area (TPSA) is 58.1 Å². The van der Waals surface area contributed by atoms with Crippen LogP contribution in [0.2, 0.25) is 0 Å². The van der Waals surface area contributed by atoms with Crippen LogP contribution in [0.15, 0.2) is 36.4 Å². The fraction of sp³-hybridized carbons (Fsp3) is 0.450. The first kappa shape index (κ1) is 18.3. The molecule has 0 saturated carbocycles. The van der Waals surface area contributed by atoms with E-state index in [0.29, 0.717) is 0 Å². The molecular weight excluding hydrogens is 331 g/mol. The first-order chi connectivity index (χ1) is 12.7. The molecule has 0 spiro atoms. The maximum absolute atomic E-state index is 13.0. The first-order valence-electron chi connectivity index (χ1n) is 9.29. The van der Waals surface area contributed by atoms with E-state index in [0.717, 1.165) is 62.4 Å². The summed E-state index contributed by atoms with van der Waals surface area (Å²) in [6.07, 6.45) is 3.78. The maximum Gasteiger partial charge on any atom is 0.223 e. The standard InChI is InChI=1S/C20H25FN4O/c1-2-3-12-22-20(26)16-10-13-25(14-11-16)19-9-8-18(23-24-19)15-4-6-17(21)7-5-15/h4-9,16H,2-3,10-14H2,1H3,(H,22,26). The second-order valence-electron chi connectivity index (χ2n) is 6.69. The van der Waals surface area contributed by atoms with Crippen molar-refractivity contribution < 1.29 is 9.18 Å². The molecule has 0 bridgehead atoms. The van der Waals surface area contributed by atoms with Crippen LogP contribution in [0.4, 0.5) is 10.2 Å². The Hall–Kier alpha value is -2.50. The van der Waals surface area contributed by atoms with Crippen molar-refractivity contribution in [1.82, 2.24) is 15.5 Å². The lowest BCUT2D eigenvalue weighted by Crippen LogP contribution is -2.41. The number of benzene rings is 1. The van der Waals surface area contributed by atoms with Crippen molar-refractivity contribution in [3.05, 3.63) is 42.2 Å². The van der Waals surface area contributed by atoms with Crippen LogP contribution in [0.1, 0.15) is 32.6 Å². The number of hydrogen-bond acceptors (Lipinski definition) is 4. The van der Waals surface area contributed by atoms with Gasteiger partial charge < -0.3 is 10.2 Å². The molecule has 0 unspecified atom stereocenters. The monoisotopic (exact) mass is 356 g/mol. The lowest BCUT2D eigenvalue weighted by atomic mass is 9.96. The zero-order valence-corrected chi connectivity index (χ0v) is 15.1. The van der Waals surface area contributed by atoms with Gasteiger partial charge in [0, 0.05) is 31.1 Å². The van der Waals surface area contributed by atoms with Crippen molar-refractivity contribution in [1.29, 1.82) is 0 Å². The molecule has 1 fully saturated rings. The predicted molar refractivity (Wildman–Crippen MR) is 100 cm³/mol. The van der Waals surface area contributed by atoms with Gasteiger partial charge in [-0.1, -0.05) is 13.3 Å². The van der Waals surface area contributed by atoms with Crippen LogP contribution in [0.3, 0.4) is 0 Å². The highest BCUT2D eigenvalue weighted by Crippen LogP contribution is 2.23. The molecule has 1 saturated heterocycles. The number of carbonyl (C=O) groups excluding carboxylic acids is 1. The molecule has 1 aromatic heterocycles. The Balaban J connectivity index is 1.54. The van der Waals surface area contributed by atoms with Crippen molar-refractivity contribution in [3.8, 4) is 11.3 Å². The summed E-state index contributed by atoms with van der Waals surface area (Å²) in [5.41, 5.74) is 1.56. The van der Waals surface area contributed by atoms with Gasteiger partial charge in [0.15, 0.2) is 5.82 Å². The van der Waals surface area contributed by atoms with Crippen LogP contribution in [0.25, 0.3) is 11.3 Å². The van der Waals surface area contributed by atoms with E-state index in [4.69, 9.17) is 0 Å². The van der Waals surface area contributed by atoms with Crippen molar-refractivity contribution in [2.75, 3.05) is 24.5 Å². The number of anilines is 1. The highest BCUT2D eigenvalue weighted by atomic mass is 19.1. The molecule has 1 N–H and O–H groups in total. The van der Waals surface area contributed by atoms with E-state index in [2.05, 4.69) is 27.3 Å². The average molecular weight is 356 g/mol. The predicted octanol–water partition coefficient (Wildman–Crippen LogP) is 3.42. The summed E-state index contributed by atoms with van der Waals surface area (Å²) in [6.45, 7) is 4.49. The molecule has 1 amide bonds. The Kier molecular flexibility index (Phi) is 6.15. The molecule has 0 aliphatic carbocycles. The smallest absolute Gasteiger partial charge is 0.223 e. The third-order valence-corrected chi connectivity index (χ3v) is 4.81. The van der Waals surface area contributed by atoms with Crippen LogP contribution in [0, 0.1) is 11.7 Å². The minimum atomic E-state index is -0.264. The molecule has 2 aromatic rings. The van der Waals surface area contributed by atoms with Crippen LogP contribution >= 0.6 is 0 Å². The summed E-state index contributed by atoms with van der Waals surface area (Å²) >= 11 is 0. The lowest BCUT2D eigenvalue weighted by Gasteiger charge is -2.31. The fourth-order valence-corrected chi connectivity index (χ4v) is 3.17. The maximum atomic E-state index is 13.0. The van der Waals surface area contributed by atoms with Crippen molar-refractivity contribution in [3.63, 3.8) is 0 Å². The molecule has 1 aliphatic rings. The van der Waals surface area contributed by atoms with E-state index in [-0.39, 0.29) is 17.6 Å². The summed E-state index contributed by atoms with van der Waals surface area (Å²) < 4.78 is 13.0. The molecule has 6 heteroatoms. The largest absolute Gasteiger partial charge is 0.356 e. The van der Waals surface area contributed by atoms with E-state index in [9.17, 15) is 9.18 Å². The first-order valence-corrected chi connectivity index (χ1v) is 9.29. The molecule has 3 rings (SSSR count). The van der Waals surface area contributed by atoms with Gasteiger partial charge in [-0.3, -0.25) is 4.79 Å². The van der Waals surface area contributed by atoms with E-state index in [1.807, 2.05) is 12.1 Å². The molecule has 0 atom stereocenters. The Bertz CT molecular complexity index is 710. The van der Waals surface area contributed by atoms with Gasteiger partial charge in [-0.15, -0.1) is 10.2 Å². The molecule has 2 heterocycles. The minimum absolute atomic E-state index is 0.0922. The second kappa shape index (κ2) is 8.74. The number of nitrogens with one attached hydrogen (secondary N) is 1. The van der Waals surface area contributed by atoms with E-state index < -0.39 is 0 Å². The summed E-state index contributed by atoms with van der Waals surface area (Å²) in [5.74, 6) is 0.825. The van der Waals surface area contributed by atoms with Gasteiger partial charge in [-0.05, 0) is 55.7 Å². The Labute approximate surface area is 153 Å².